The number of nitrogens with one attached hydrogen (secondary N) is 1. The number of thioether (sulfide) groups is 1. The Hall–Kier alpha value is -0.810. The monoisotopic (exact) mass is 311 g/mol. The number of nitrogens with two attached hydrogens (primary N) is 1. The van der Waals surface area contributed by atoms with E-state index in [1.807, 2.05) is 31.7 Å². The Balaban J connectivity index is 2.49. The van der Waals surface area contributed by atoms with Crippen LogP contribution in [0.25, 0.3) is 0 Å². The summed E-state index contributed by atoms with van der Waals surface area (Å²) in [6.45, 7) is 4.90. The Kier molecular flexibility index (Phi) is 7.92. The van der Waals surface area contributed by atoms with Gasteiger partial charge in [-0.3, -0.25) is 4.98 Å². The van der Waals surface area contributed by atoms with Crippen LogP contribution in [-0.2, 0) is 0 Å². The van der Waals surface area contributed by atoms with E-state index in [1.165, 1.54) is 31.4 Å². The van der Waals surface area contributed by atoms with Crippen molar-refractivity contribution in [2.75, 3.05) is 23.9 Å². The van der Waals surface area contributed by atoms with E-state index in [0.717, 1.165) is 29.2 Å². The van der Waals surface area contributed by atoms with Gasteiger partial charge < -0.3 is 11.1 Å². The van der Waals surface area contributed by atoms with Gasteiger partial charge in [-0.15, -0.1) is 0 Å². The van der Waals surface area contributed by atoms with Gasteiger partial charge in [0, 0.05) is 23.6 Å². The van der Waals surface area contributed by atoms with Gasteiger partial charge in [-0.2, -0.15) is 11.8 Å². The van der Waals surface area contributed by atoms with E-state index < -0.39 is 0 Å². The Morgan fingerprint density at radius 2 is 2.00 bits per heavy atom. The van der Waals surface area contributed by atoms with Crippen molar-refractivity contribution in [1.82, 2.24) is 4.98 Å². The number of thiocarbonyl (C=S) groups is 1. The lowest BCUT2D eigenvalue weighted by Crippen LogP contribution is -2.17. The molecular formula is C15H25N3S2. The normalized spacial score (nSPS) is 10.6. The summed E-state index contributed by atoms with van der Waals surface area (Å²) >= 11 is 7.05. The summed E-state index contributed by atoms with van der Waals surface area (Å²) < 4.78 is 0. The molecule has 0 fully saturated rings. The van der Waals surface area contributed by atoms with E-state index in [2.05, 4.69) is 16.6 Å². The van der Waals surface area contributed by atoms with E-state index in [4.69, 9.17) is 18.0 Å². The molecule has 1 aromatic rings. The van der Waals surface area contributed by atoms with Crippen molar-refractivity contribution in [1.29, 1.82) is 0 Å². The fourth-order valence-corrected chi connectivity index (χ4v) is 2.98. The van der Waals surface area contributed by atoms with Crippen molar-refractivity contribution in [2.24, 2.45) is 5.73 Å². The van der Waals surface area contributed by atoms with E-state index >= 15 is 0 Å². The molecule has 0 saturated heterocycles. The third-order valence-electron chi connectivity index (χ3n) is 3.17. The SMILES string of the molecule is CSCCCCCCNc1cc(C)nc(C)c1C(N)=S. The molecule has 5 heteroatoms. The van der Waals surface area contributed by atoms with Gasteiger partial charge in [0.1, 0.15) is 4.99 Å². The summed E-state index contributed by atoms with van der Waals surface area (Å²) in [7, 11) is 0. The third-order valence-corrected chi connectivity index (χ3v) is 4.07. The van der Waals surface area contributed by atoms with Crippen LogP contribution >= 0.6 is 24.0 Å². The molecule has 0 unspecified atom stereocenters. The molecular weight excluding hydrogens is 286 g/mol. The van der Waals surface area contributed by atoms with Crippen LogP contribution in [0, 0.1) is 13.8 Å². The molecule has 1 rings (SSSR count). The van der Waals surface area contributed by atoms with Gasteiger partial charge in [-0.1, -0.05) is 25.1 Å². The van der Waals surface area contributed by atoms with Gasteiger partial charge in [0.25, 0.3) is 0 Å². The summed E-state index contributed by atoms with van der Waals surface area (Å²) in [6, 6.07) is 2.02. The van der Waals surface area contributed by atoms with Crippen LogP contribution in [0.4, 0.5) is 5.69 Å². The highest BCUT2D eigenvalue weighted by molar-refractivity contribution is 7.98. The van der Waals surface area contributed by atoms with E-state index in [-0.39, 0.29) is 0 Å². The molecule has 0 spiro atoms. The number of pyridine rings is 1. The molecule has 0 amide bonds. The lowest BCUT2D eigenvalue weighted by molar-refractivity contribution is 0.689. The first-order valence-electron chi connectivity index (χ1n) is 7.07. The van der Waals surface area contributed by atoms with Gasteiger partial charge in [-0.05, 0) is 44.8 Å². The molecule has 0 aliphatic heterocycles. The second-order valence-corrected chi connectivity index (χ2v) is 6.40. The van der Waals surface area contributed by atoms with Crippen LogP contribution in [0.1, 0.15) is 42.6 Å². The van der Waals surface area contributed by atoms with Crippen molar-refractivity contribution in [2.45, 2.75) is 39.5 Å². The number of hydrogen-bond donors (Lipinski definition) is 2. The largest absolute Gasteiger partial charge is 0.389 e. The fraction of sp³-hybridized carbons (Fsp3) is 0.600. The molecule has 112 valence electrons. The maximum Gasteiger partial charge on any atom is 0.107 e. The van der Waals surface area contributed by atoms with Gasteiger partial charge in [-0.25, -0.2) is 0 Å². The number of hydrogen-bond acceptors (Lipinski definition) is 4. The first kappa shape index (κ1) is 17.2. The lowest BCUT2D eigenvalue weighted by atomic mass is 10.1. The van der Waals surface area contributed by atoms with E-state index in [0.29, 0.717) is 4.99 Å². The summed E-state index contributed by atoms with van der Waals surface area (Å²) in [5.41, 5.74) is 9.60. The zero-order valence-electron chi connectivity index (χ0n) is 12.7. The summed E-state index contributed by atoms with van der Waals surface area (Å²) in [5.74, 6) is 1.27. The maximum atomic E-state index is 5.80. The summed E-state index contributed by atoms with van der Waals surface area (Å²) in [6.07, 6.45) is 7.21. The van der Waals surface area contributed by atoms with Crippen molar-refractivity contribution < 1.29 is 0 Å². The number of unbranched alkanes of at least 4 members (excludes halogenated alkanes) is 3. The summed E-state index contributed by atoms with van der Waals surface area (Å²) in [5, 5.41) is 3.45. The van der Waals surface area contributed by atoms with Gasteiger partial charge in [0.2, 0.25) is 0 Å². The number of anilines is 1. The fourth-order valence-electron chi connectivity index (χ4n) is 2.23. The molecule has 0 aliphatic rings. The summed E-state index contributed by atoms with van der Waals surface area (Å²) in [4.78, 5) is 4.84. The second-order valence-electron chi connectivity index (χ2n) is 4.97. The Morgan fingerprint density at radius 1 is 1.30 bits per heavy atom. The number of rotatable bonds is 9. The minimum atomic E-state index is 0.414. The van der Waals surface area contributed by atoms with Crippen LogP contribution in [-0.4, -0.2) is 28.5 Å². The van der Waals surface area contributed by atoms with Gasteiger partial charge in [0.05, 0.1) is 5.56 Å². The standard InChI is InChI=1S/C15H25N3S2/c1-11-10-13(14(15(16)19)12(2)18-11)17-8-6-4-5-7-9-20-3/h10H,4-9H2,1-3H3,(H2,16,19)(H,17,18). The molecule has 0 saturated carbocycles. The van der Waals surface area contributed by atoms with Crippen molar-refractivity contribution in [3.05, 3.63) is 23.0 Å². The minimum Gasteiger partial charge on any atom is -0.389 e. The topological polar surface area (TPSA) is 50.9 Å². The Labute approximate surface area is 132 Å². The predicted molar refractivity (Wildman–Crippen MR) is 94.9 cm³/mol. The van der Waals surface area contributed by atoms with Crippen molar-refractivity contribution >= 4 is 34.7 Å². The van der Waals surface area contributed by atoms with E-state index in [9.17, 15) is 0 Å². The number of nitrogens with zero attached hydrogens (tertiary/aromatic N) is 1. The van der Waals surface area contributed by atoms with Crippen LogP contribution < -0.4 is 11.1 Å². The molecule has 20 heavy (non-hydrogen) atoms. The van der Waals surface area contributed by atoms with Crippen molar-refractivity contribution in [3.8, 4) is 0 Å². The number of aromatic nitrogens is 1. The number of aryl methyl sites for hydroxylation is 2. The molecule has 1 aromatic heterocycles. The predicted octanol–water partition coefficient (Wildman–Crippen LogP) is 3.67. The average Bonchev–Trinajstić information content (AvgIpc) is 2.36. The van der Waals surface area contributed by atoms with E-state index in [1.54, 1.807) is 0 Å². The maximum absolute atomic E-state index is 5.80. The lowest BCUT2D eigenvalue weighted by Gasteiger charge is -2.14. The molecule has 0 bridgehead atoms. The third kappa shape index (κ3) is 5.67. The van der Waals surface area contributed by atoms with Crippen LogP contribution in [0.5, 0.6) is 0 Å². The smallest absolute Gasteiger partial charge is 0.107 e. The molecule has 3 nitrogen and oxygen atoms in total. The first-order chi connectivity index (χ1) is 9.56. The minimum absolute atomic E-state index is 0.414. The van der Waals surface area contributed by atoms with Crippen LogP contribution in [0.15, 0.2) is 6.07 Å². The van der Waals surface area contributed by atoms with Crippen molar-refractivity contribution in [3.63, 3.8) is 0 Å². The second kappa shape index (κ2) is 9.19. The Bertz CT molecular complexity index is 447. The Morgan fingerprint density at radius 3 is 2.65 bits per heavy atom. The highest BCUT2D eigenvalue weighted by Crippen LogP contribution is 2.20. The zero-order valence-corrected chi connectivity index (χ0v) is 14.3. The molecule has 0 radical (unpaired) electrons. The van der Waals surface area contributed by atoms with Gasteiger partial charge in [0.15, 0.2) is 0 Å². The molecule has 0 aromatic carbocycles. The quantitative estimate of drug-likeness (QED) is 0.538. The molecule has 1 heterocycles. The zero-order chi connectivity index (χ0) is 15.0. The molecule has 0 aliphatic carbocycles. The first-order valence-corrected chi connectivity index (χ1v) is 8.87. The van der Waals surface area contributed by atoms with Crippen LogP contribution in [0.2, 0.25) is 0 Å². The highest BCUT2D eigenvalue weighted by Gasteiger charge is 2.10. The average molecular weight is 312 g/mol. The molecule has 0 atom stereocenters. The van der Waals surface area contributed by atoms with Gasteiger partial charge >= 0.3 is 0 Å². The molecule has 3 N–H and O–H groups in total. The van der Waals surface area contributed by atoms with Crippen LogP contribution in [0.3, 0.4) is 0 Å². The highest BCUT2D eigenvalue weighted by atomic mass is 32.2.